The van der Waals surface area contributed by atoms with Gasteiger partial charge >= 0.3 is 5.97 Å². The Balaban J connectivity index is 2.79. The first-order valence-electron chi connectivity index (χ1n) is 7.98. The lowest BCUT2D eigenvalue weighted by Gasteiger charge is -2.46. The molecule has 1 rings (SSSR count). The van der Waals surface area contributed by atoms with Gasteiger partial charge in [-0.2, -0.15) is 0 Å². The van der Waals surface area contributed by atoms with E-state index in [1.54, 1.807) is 0 Å². The summed E-state index contributed by atoms with van der Waals surface area (Å²) in [5.41, 5.74) is 0. The normalized spacial score (nSPS) is 24.0. The highest BCUT2D eigenvalue weighted by atomic mass is 28.4. The molecule has 5 nitrogen and oxygen atoms in total. The summed E-state index contributed by atoms with van der Waals surface area (Å²) in [6.07, 6.45) is 5.33. The van der Waals surface area contributed by atoms with Crippen molar-refractivity contribution in [1.82, 2.24) is 5.32 Å². The van der Waals surface area contributed by atoms with E-state index in [9.17, 15) is 9.59 Å². The first kappa shape index (κ1) is 19.7. The molecule has 23 heavy (non-hydrogen) atoms. The van der Waals surface area contributed by atoms with Crippen molar-refractivity contribution in [1.29, 1.82) is 0 Å². The SMILES string of the molecule is C#CC(COC(C)=O)[C@H]1NC(=O)[C@@H]1[C@@H](C)O[Si](C)(C)C(C)(C)C. The second-order valence-electron chi connectivity index (χ2n) is 7.72. The molecular formula is C17H29NO4Si. The van der Waals surface area contributed by atoms with E-state index in [1.165, 1.54) is 6.92 Å². The van der Waals surface area contributed by atoms with E-state index in [4.69, 9.17) is 15.6 Å². The third-order valence-corrected chi connectivity index (χ3v) is 9.48. The predicted molar refractivity (Wildman–Crippen MR) is 92.1 cm³/mol. The Morgan fingerprint density at radius 3 is 2.39 bits per heavy atom. The molecule has 0 radical (unpaired) electrons. The summed E-state index contributed by atoms with van der Waals surface area (Å²) in [6, 6.07) is -0.216. The van der Waals surface area contributed by atoms with Crippen molar-refractivity contribution < 1.29 is 18.8 Å². The van der Waals surface area contributed by atoms with Gasteiger partial charge in [-0.1, -0.05) is 26.7 Å². The van der Waals surface area contributed by atoms with Crippen LogP contribution in [0.1, 0.15) is 34.6 Å². The van der Waals surface area contributed by atoms with E-state index in [2.05, 4.69) is 45.1 Å². The summed E-state index contributed by atoms with van der Waals surface area (Å²) >= 11 is 0. The van der Waals surface area contributed by atoms with Crippen LogP contribution in [0.25, 0.3) is 0 Å². The van der Waals surface area contributed by atoms with Crippen LogP contribution in [0, 0.1) is 24.2 Å². The van der Waals surface area contributed by atoms with Crippen LogP contribution in [0.5, 0.6) is 0 Å². The minimum atomic E-state index is -1.97. The molecule has 0 spiro atoms. The molecule has 1 aliphatic rings. The van der Waals surface area contributed by atoms with Crippen LogP contribution >= 0.6 is 0 Å². The summed E-state index contributed by atoms with van der Waals surface area (Å²) in [6.45, 7) is 14.2. The Morgan fingerprint density at radius 1 is 1.43 bits per heavy atom. The van der Waals surface area contributed by atoms with Crippen LogP contribution in [-0.2, 0) is 18.8 Å². The zero-order valence-corrected chi connectivity index (χ0v) is 16.2. The van der Waals surface area contributed by atoms with Crippen molar-refractivity contribution in [2.75, 3.05) is 6.61 Å². The molecule has 1 aliphatic heterocycles. The Hall–Kier alpha value is -1.32. The van der Waals surface area contributed by atoms with E-state index in [0.717, 1.165) is 0 Å². The van der Waals surface area contributed by atoms with Crippen molar-refractivity contribution in [2.45, 2.75) is 64.9 Å². The topological polar surface area (TPSA) is 64.6 Å². The Bertz CT molecular complexity index is 504. The summed E-state index contributed by atoms with van der Waals surface area (Å²) in [4.78, 5) is 23.0. The maximum Gasteiger partial charge on any atom is 0.302 e. The standard InChI is InChI=1S/C17H29NO4Si/c1-9-13(10-21-12(3)19)15-14(16(20)18-15)11(2)22-23(7,8)17(4,5)6/h1,11,13-15H,10H2,2-8H3,(H,18,20)/t11-,13?,14-,15-/m1/s1. The molecule has 0 aromatic carbocycles. The Morgan fingerprint density at radius 2 is 2.00 bits per heavy atom. The predicted octanol–water partition coefficient (Wildman–Crippen LogP) is 2.32. The molecule has 1 fully saturated rings. The van der Waals surface area contributed by atoms with Gasteiger partial charge in [-0.15, -0.1) is 6.42 Å². The van der Waals surface area contributed by atoms with Gasteiger partial charge in [0.1, 0.15) is 6.61 Å². The summed E-state index contributed by atoms with van der Waals surface area (Å²) < 4.78 is 11.3. The van der Waals surface area contributed by atoms with Crippen LogP contribution in [0.15, 0.2) is 0 Å². The maximum absolute atomic E-state index is 12.0. The zero-order chi connectivity index (χ0) is 18.0. The van der Waals surface area contributed by atoms with Crippen LogP contribution in [0.2, 0.25) is 18.1 Å². The zero-order valence-electron chi connectivity index (χ0n) is 15.2. The van der Waals surface area contributed by atoms with Gasteiger partial charge in [0.25, 0.3) is 0 Å². The van der Waals surface area contributed by atoms with Crippen molar-refractivity contribution in [3.05, 3.63) is 0 Å². The smallest absolute Gasteiger partial charge is 0.302 e. The molecule has 0 aliphatic carbocycles. The second kappa shape index (κ2) is 7.06. The van der Waals surface area contributed by atoms with Crippen molar-refractivity contribution in [2.24, 2.45) is 11.8 Å². The number of nitrogens with one attached hydrogen (secondary N) is 1. The molecule has 0 saturated carbocycles. The number of amides is 1. The highest BCUT2D eigenvalue weighted by Crippen LogP contribution is 2.39. The van der Waals surface area contributed by atoms with Crippen LogP contribution < -0.4 is 5.32 Å². The Labute approximate surface area is 140 Å². The van der Waals surface area contributed by atoms with Gasteiger partial charge in [0, 0.05) is 6.92 Å². The molecule has 0 aromatic heterocycles. The van der Waals surface area contributed by atoms with E-state index >= 15 is 0 Å². The molecule has 0 aromatic rings. The van der Waals surface area contributed by atoms with Crippen LogP contribution in [0.3, 0.4) is 0 Å². The number of β-lactam (4-membered cyclic amide) rings is 1. The monoisotopic (exact) mass is 339 g/mol. The number of carbonyl (C=O) groups is 2. The van der Waals surface area contributed by atoms with E-state index < -0.39 is 8.32 Å². The van der Waals surface area contributed by atoms with E-state index in [1.807, 2.05) is 6.92 Å². The average molecular weight is 340 g/mol. The summed E-state index contributed by atoms with van der Waals surface area (Å²) in [7, 11) is -1.97. The number of terminal acetylenes is 1. The van der Waals surface area contributed by atoms with Gasteiger partial charge in [0.05, 0.1) is 24.0 Å². The molecular weight excluding hydrogens is 310 g/mol. The highest BCUT2D eigenvalue weighted by Gasteiger charge is 2.49. The molecule has 1 unspecified atom stereocenters. The third kappa shape index (κ3) is 4.58. The number of rotatable bonds is 6. The molecule has 1 heterocycles. The molecule has 1 saturated heterocycles. The van der Waals surface area contributed by atoms with Gasteiger partial charge in [0.15, 0.2) is 8.32 Å². The van der Waals surface area contributed by atoms with Crippen molar-refractivity contribution >= 4 is 20.2 Å². The lowest BCUT2D eigenvalue weighted by molar-refractivity contribution is -0.146. The van der Waals surface area contributed by atoms with Gasteiger partial charge in [0.2, 0.25) is 5.91 Å². The molecule has 1 N–H and O–H groups in total. The average Bonchev–Trinajstić information content (AvgIpc) is 2.35. The maximum atomic E-state index is 12.0. The van der Waals surface area contributed by atoms with Gasteiger partial charge in [-0.25, -0.2) is 0 Å². The van der Waals surface area contributed by atoms with E-state index in [0.29, 0.717) is 0 Å². The fraction of sp³-hybridized carbons (Fsp3) is 0.765. The minimum absolute atomic E-state index is 0.0516. The third-order valence-electron chi connectivity index (χ3n) is 4.90. The summed E-state index contributed by atoms with van der Waals surface area (Å²) in [5, 5.41) is 2.91. The molecule has 0 bridgehead atoms. The first-order valence-corrected chi connectivity index (χ1v) is 10.9. The number of hydrogen-bond acceptors (Lipinski definition) is 4. The van der Waals surface area contributed by atoms with Crippen molar-refractivity contribution in [3.8, 4) is 12.3 Å². The van der Waals surface area contributed by atoms with Crippen molar-refractivity contribution in [3.63, 3.8) is 0 Å². The minimum Gasteiger partial charge on any atom is -0.464 e. The Kier molecular flexibility index (Phi) is 6.05. The quantitative estimate of drug-likeness (QED) is 0.349. The lowest BCUT2D eigenvalue weighted by Crippen LogP contribution is -2.66. The largest absolute Gasteiger partial charge is 0.464 e. The fourth-order valence-corrected chi connectivity index (χ4v) is 3.88. The fourth-order valence-electron chi connectivity index (χ4n) is 2.45. The van der Waals surface area contributed by atoms with Crippen LogP contribution in [-0.4, -0.2) is 38.9 Å². The molecule has 4 atom stereocenters. The molecule has 130 valence electrons. The first-order chi connectivity index (χ1) is 10.4. The number of ether oxygens (including phenoxy) is 1. The summed E-state index contributed by atoms with van der Waals surface area (Å²) in [5.74, 6) is 1.55. The number of esters is 1. The number of carbonyl (C=O) groups excluding carboxylic acids is 2. The second-order valence-corrected chi connectivity index (χ2v) is 12.5. The number of hydrogen-bond donors (Lipinski definition) is 1. The lowest BCUT2D eigenvalue weighted by atomic mass is 9.79. The highest BCUT2D eigenvalue weighted by molar-refractivity contribution is 6.74. The van der Waals surface area contributed by atoms with Gasteiger partial charge in [-0.05, 0) is 25.1 Å². The van der Waals surface area contributed by atoms with Crippen LogP contribution in [0.4, 0.5) is 0 Å². The van der Waals surface area contributed by atoms with Gasteiger partial charge in [-0.3, -0.25) is 9.59 Å². The molecule has 1 amide bonds. The molecule has 6 heteroatoms. The van der Waals surface area contributed by atoms with E-state index in [-0.39, 0.29) is 47.5 Å². The van der Waals surface area contributed by atoms with Gasteiger partial charge < -0.3 is 14.5 Å².